The quantitative estimate of drug-likeness (QED) is 0.177. The van der Waals surface area contributed by atoms with Crippen LogP contribution in [0.25, 0.3) is 88.9 Å². The Labute approximate surface area is 328 Å². The van der Waals surface area contributed by atoms with Crippen molar-refractivity contribution < 1.29 is 0 Å². The third kappa shape index (κ3) is 4.79. The second kappa shape index (κ2) is 12.4. The van der Waals surface area contributed by atoms with Gasteiger partial charge < -0.3 is 4.57 Å². The van der Waals surface area contributed by atoms with E-state index in [1.807, 2.05) is 18.2 Å². The minimum Gasteiger partial charge on any atom is -0.307 e. The molecule has 11 aromatic rings. The average molecular weight is 728 g/mol. The van der Waals surface area contributed by atoms with Gasteiger partial charge in [-0.3, -0.25) is 4.57 Å². The summed E-state index contributed by atoms with van der Waals surface area (Å²) in [7, 11) is 0. The van der Waals surface area contributed by atoms with Crippen LogP contribution in [0, 0.1) is 0 Å². The number of para-hydroxylation sites is 2. The lowest BCUT2D eigenvalue weighted by molar-refractivity contribution is 0.823. The van der Waals surface area contributed by atoms with Crippen molar-refractivity contribution in [2.75, 3.05) is 0 Å². The largest absolute Gasteiger partial charge is 0.307 e. The molecule has 0 unspecified atom stereocenters. The Balaban J connectivity index is 1.19. The summed E-state index contributed by atoms with van der Waals surface area (Å²) in [5.74, 6) is 1.82. The van der Waals surface area contributed by atoms with Crippen LogP contribution in [0.4, 0.5) is 0 Å². The van der Waals surface area contributed by atoms with Gasteiger partial charge in [0.15, 0.2) is 5.82 Å². The van der Waals surface area contributed by atoms with Crippen LogP contribution in [0.5, 0.6) is 0 Å². The summed E-state index contributed by atoms with van der Waals surface area (Å²) in [5.41, 5.74) is 13.6. The fourth-order valence-corrected chi connectivity index (χ4v) is 9.17. The van der Waals surface area contributed by atoms with Crippen LogP contribution < -0.4 is 0 Å². The van der Waals surface area contributed by atoms with Gasteiger partial charge in [-0.25, -0.2) is 4.98 Å². The van der Waals surface area contributed by atoms with Crippen molar-refractivity contribution in [3.05, 3.63) is 211 Å². The maximum atomic E-state index is 5.52. The van der Waals surface area contributed by atoms with Gasteiger partial charge in [0.05, 0.1) is 28.0 Å². The standard InChI is InChI=1S/C52H33N5/c1-3-15-33(16-4-1)34-27-29-36(30-28-34)56-45-25-13-11-21-39(45)43-31-32-44-40-22-12-14-26-46(40)57(49(44)48(43)56)52-54-50(35-17-5-2-6-18-35)53-51(55-52)47-41-23-9-7-19-37(41)38-20-8-10-24-42(38)47/h1-32,47H. The van der Waals surface area contributed by atoms with Crippen LogP contribution in [0.2, 0.25) is 0 Å². The molecule has 0 spiro atoms. The lowest BCUT2D eigenvalue weighted by Crippen LogP contribution is -2.12. The van der Waals surface area contributed by atoms with E-state index in [-0.39, 0.29) is 5.92 Å². The van der Waals surface area contributed by atoms with Crippen LogP contribution in [0.1, 0.15) is 22.9 Å². The molecule has 0 amide bonds. The highest BCUT2D eigenvalue weighted by Gasteiger charge is 2.33. The van der Waals surface area contributed by atoms with Crippen LogP contribution in [-0.4, -0.2) is 24.1 Å². The van der Waals surface area contributed by atoms with Crippen molar-refractivity contribution in [2.45, 2.75) is 5.92 Å². The van der Waals surface area contributed by atoms with Crippen LogP contribution in [0.15, 0.2) is 194 Å². The smallest absolute Gasteiger partial charge is 0.238 e. The maximum absolute atomic E-state index is 5.52. The molecule has 3 aromatic heterocycles. The summed E-state index contributed by atoms with van der Waals surface area (Å²) < 4.78 is 4.70. The number of hydrogen-bond acceptors (Lipinski definition) is 3. The highest BCUT2D eigenvalue weighted by atomic mass is 15.2. The van der Waals surface area contributed by atoms with Gasteiger partial charge in [0.2, 0.25) is 5.95 Å². The first kappa shape index (κ1) is 31.7. The minimum absolute atomic E-state index is 0.149. The first-order valence-electron chi connectivity index (χ1n) is 19.4. The highest BCUT2D eigenvalue weighted by molar-refractivity contribution is 6.23. The first-order valence-corrected chi connectivity index (χ1v) is 19.4. The van der Waals surface area contributed by atoms with Crippen molar-refractivity contribution in [1.29, 1.82) is 0 Å². The number of hydrogen-bond donors (Lipinski definition) is 0. The predicted octanol–water partition coefficient (Wildman–Crippen LogP) is 12.6. The monoisotopic (exact) mass is 727 g/mol. The van der Waals surface area contributed by atoms with E-state index in [4.69, 9.17) is 15.0 Å². The van der Waals surface area contributed by atoms with Gasteiger partial charge in [0.25, 0.3) is 0 Å². The van der Waals surface area contributed by atoms with Gasteiger partial charge in [-0.1, -0.05) is 170 Å². The molecule has 0 bridgehead atoms. The molecule has 5 nitrogen and oxygen atoms in total. The first-order chi connectivity index (χ1) is 28.3. The van der Waals surface area contributed by atoms with Crippen molar-refractivity contribution in [2.24, 2.45) is 0 Å². The van der Waals surface area contributed by atoms with Gasteiger partial charge in [0, 0.05) is 32.8 Å². The number of rotatable bonds is 5. The molecule has 57 heavy (non-hydrogen) atoms. The second-order valence-electron chi connectivity index (χ2n) is 14.8. The second-order valence-corrected chi connectivity index (χ2v) is 14.8. The molecule has 0 N–H and O–H groups in total. The zero-order valence-corrected chi connectivity index (χ0v) is 30.8. The van der Waals surface area contributed by atoms with E-state index in [0.29, 0.717) is 11.8 Å². The van der Waals surface area contributed by atoms with Crippen molar-refractivity contribution in [3.63, 3.8) is 0 Å². The summed E-state index contributed by atoms with van der Waals surface area (Å²) >= 11 is 0. The molecule has 1 aliphatic rings. The van der Waals surface area contributed by atoms with Gasteiger partial charge in [-0.15, -0.1) is 0 Å². The van der Waals surface area contributed by atoms with E-state index in [0.717, 1.165) is 49.9 Å². The molecule has 0 atom stereocenters. The molecule has 0 radical (unpaired) electrons. The number of benzene rings is 8. The Hall–Kier alpha value is -7.63. The molecular formula is C52H33N5. The van der Waals surface area contributed by atoms with Crippen LogP contribution in [-0.2, 0) is 0 Å². The Bertz CT molecular complexity index is 3300. The summed E-state index contributed by atoms with van der Waals surface area (Å²) in [6.07, 6.45) is 0. The molecule has 0 saturated heterocycles. The molecule has 266 valence electrons. The summed E-state index contributed by atoms with van der Waals surface area (Å²) in [6.45, 7) is 0. The van der Waals surface area contributed by atoms with Gasteiger partial charge in [0.1, 0.15) is 5.82 Å². The lowest BCUT2D eigenvalue weighted by atomic mass is 9.96. The molecule has 12 rings (SSSR count). The predicted molar refractivity (Wildman–Crippen MR) is 232 cm³/mol. The van der Waals surface area contributed by atoms with Crippen LogP contribution >= 0.6 is 0 Å². The Kier molecular flexibility index (Phi) is 6.92. The van der Waals surface area contributed by atoms with E-state index in [1.165, 1.54) is 44.2 Å². The molecule has 0 aliphatic heterocycles. The van der Waals surface area contributed by atoms with Gasteiger partial charge in [-0.2, -0.15) is 9.97 Å². The molecule has 0 fully saturated rings. The number of fused-ring (bicyclic) bond motifs is 10. The third-order valence-corrected chi connectivity index (χ3v) is 11.7. The summed E-state index contributed by atoms with van der Waals surface area (Å²) in [6, 6.07) is 69.0. The maximum Gasteiger partial charge on any atom is 0.238 e. The van der Waals surface area contributed by atoms with Crippen molar-refractivity contribution in [3.8, 4) is 45.3 Å². The fourth-order valence-electron chi connectivity index (χ4n) is 9.17. The Morgan fingerprint density at radius 2 is 0.842 bits per heavy atom. The Morgan fingerprint density at radius 3 is 1.47 bits per heavy atom. The van der Waals surface area contributed by atoms with Crippen molar-refractivity contribution in [1.82, 2.24) is 24.1 Å². The number of nitrogens with zero attached hydrogens (tertiary/aromatic N) is 5. The van der Waals surface area contributed by atoms with E-state index in [2.05, 4.69) is 185 Å². The fraction of sp³-hybridized carbons (Fsp3) is 0.0192. The third-order valence-electron chi connectivity index (χ3n) is 11.7. The van der Waals surface area contributed by atoms with E-state index in [9.17, 15) is 0 Å². The Morgan fingerprint density at radius 1 is 0.351 bits per heavy atom. The van der Waals surface area contributed by atoms with Gasteiger partial charge in [-0.05, 0) is 57.6 Å². The average Bonchev–Trinajstić information content (AvgIpc) is 3.93. The summed E-state index contributed by atoms with van der Waals surface area (Å²) in [5, 5.41) is 4.65. The molecule has 0 saturated carbocycles. The number of aromatic nitrogens is 5. The van der Waals surface area contributed by atoms with E-state index < -0.39 is 0 Å². The lowest BCUT2D eigenvalue weighted by Gasteiger charge is -2.16. The minimum atomic E-state index is -0.149. The SMILES string of the molecule is c1ccc(-c2ccc(-n3c4ccccc4c4ccc5c6ccccc6n(-c6nc(-c7ccccc7)nc(C7c8ccccc8-c8ccccc87)n6)c5c43)cc2)cc1. The molecule has 8 aromatic carbocycles. The van der Waals surface area contributed by atoms with E-state index >= 15 is 0 Å². The normalized spacial score (nSPS) is 12.5. The topological polar surface area (TPSA) is 48.5 Å². The van der Waals surface area contributed by atoms with Crippen LogP contribution in [0.3, 0.4) is 0 Å². The van der Waals surface area contributed by atoms with E-state index in [1.54, 1.807) is 0 Å². The zero-order valence-electron chi connectivity index (χ0n) is 30.8. The molecule has 5 heteroatoms. The van der Waals surface area contributed by atoms with Crippen molar-refractivity contribution >= 4 is 43.6 Å². The van der Waals surface area contributed by atoms with Gasteiger partial charge >= 0.3 is 0 Å². The molecule has 1 aliphatic carbocycles. The highest BCUT2D eigenvalue weighted by Crippen LogP contribution is 2.48. The molecule has 3 heterocycles. The molecular weight excluding hydrogens is 695 g/mol. The summed E-state index contributed by atoms with van der Waals surface area (Å²) in [4.78, 5) is 16.2. The zero-order chi connectivity index (χ0) is 37.5.